The number of likely N-dealkylation sites (tertiary alicyclic amines) is 1. The fourth-order valence-corrected chi connectivity index (χ4v) is 2.63. The van der Waals surface area contributed by atoms with Crippen LogP contribution in [0.2, 0.25) is 0 Å². The second kappa shape index (κ2) is 8.09. The van der Waals surface area contributed by atoms with Crippen molar-refractivity contribution >= 4 is 12.0 Å². The first-order valence-corrected chi connectivity index (χ1v) is 7.26. The van der Waals surface area contributed by atoms with Crippen LogP contribution in [-0.4, -0.2) is 54.9 Å². The molecular formula is C14H26N2O4. The van der Waals surface area contributed by atoms with Gasteiger partial charge in [0.05, 0.1) is 12.0 Å². The maximum absolute atomic E-state index is 12.1. The van der Waals surface area contributed by atoms with E-state index in [0.29, 0.717) is 19.5 Å². The van der Waals surface area contributed by atoms with E-state index in [1.54, 1.807) is 12.0 Å². The van der Waals surface area contributed by atoms with Crippen molar-refractivity contribution in [2.75, 3.05) is 26.7 Å². The number of rotatable bonds is 6. The third-order valence-electron chi connectivity index (χ3n) is 3.72. The summed E-state index contributed by atoms with van der Waals surface area (Å²) < 4.78 is 5.28. The summed E-state index contributed by atoms with van der Waals surface area (Å²) in [4.78, 5) is 24.8. The number of aliphatic carboxylic acids is 1. The molecule has 6 nitrogen and oxygen atoms in total. The van der Waals surface area contributed by atoms with E-state index < -0.39 is 11.9 Å². The maximum atomic E-state index is 12.1. The number of piperidine rings is 1. The average molecular weight is 286 g/mol. The molecule has 0 bridgehead atoms. The van der Waals surface area contributed by atoms with Crippen LogP contribution in [0.3, 0.4) is 0 Å². The minimum Gasteiger partial charge on any atom is -0.481 e. The number of hydrogen-bond acceptors (Lipinski definition) is 3. The first-order valence-electron chi connectivity index (χ1n) is 7.26. The fraction of sp³-hybridized carbons (Fsp3) is 0.857. The molecule has 0 aromatic carbocycles. The lowest BCUT2D eigenvalue weighted by Crippen LogP contribution is -2.50. The first-order chi connectivity index (χ1) is 9.47. The topological polar surface area (TPSA) is 78.9 Å². The Morgan fingerprint density at radius 3 is 2.70 bits per heavy atom. The molecular weight excluding hydrogens is 260 g/mol. The van der Waals surface area contributed by atoms with Crippen LogP contribution < -0.4 is 5.32 Å². The van der Waals surface area contributed by atoms with Crippen LogP contribution in [0, 0.1) is 11.8 Å². The van der Waals surface area contributed by atoms with Crippen LogP contribution in [0.25, 0.3) is 0 Å². The molecule has 20 heavy (non-hydrogen) atoms. The largest absolute Gasteiger partial charge is 0.481 e. The lowest BCUT2D eigenvalue weighted by Gasteiger charge is -2.34. The van der Waals surface area contributed by atoms with Gasteiger partial charge in [-0.25, -0.2) is 4.79 Å². The molecule has 0 aliphatic carbocycles. The van der Waals surface area contributed by atoms with Gasteiger partial charge in [-0.2, -0.15) is 0 Å². The van der Waals surface area contributed by atoms with Crippen LogP contribution >= 0.6 is 0 Å². The zero-order chi connectivity index (χ0) is 15.1. The predicted octanol–water partition coefficient (Wildman–Crippen LogP) is 1.55. The Hall–Kier alpha value is -1.30. The van der Waals surface area contributed by atoms with Gasteiger partial charge in [-0.15, -0.1) is 0 Å². The minimum absolute atomic E-state index is 0.0152. The van der Waals surface area contributed by atoms with Gasteiger partial charge in [0.1, 0.15) is 0 Å². The van der Waals surface area contributed by atoms with E-state index >= 15 is 0 Å². The Morgan fingerprint density at radius 2 is 2.15 bits per heavy atom. The molecule has 1 saturated heterocycles. The van der Waals surface area contributed by atoms with Gasteiger partial charge >= 0.3 is 12.0 Å². The van der Waals surface area contributed by atoms with Gasteiger partial charge in [0.2, 0.25) is 0 Å². The molecule has 116 valence electrons. The number of urea groups is 1. The molecule has 0 aromatic rings. The smallest absolute Gasteiger partial charge is 0.317 e. The lowest BCUT2D eigenvalue weighted by atomic mass is 9.91. The molecule has 1 fully saturated rings. The Balaban J connectivity index is 2.47. The van der Waals surface area contributed by atoms with E-state index in [2.05, 4.69) is 12.2 Å². The maximum Gasteiger partial charge on any atom is 0.317 e. The van der Waals surface area contributed by atoms with Crippen LogP contribution in [0.4, 0.5) is 4.79 Å². The molecule has 0 radical (unpaired) electrons. The number of methoxy groups -OCH3 is 1. The van der Waals surface area contributed by atoms with E-state index in [1.165, 1.54) is 0 Å². The predicted molar refractivity (Wildman–Crippen MR) is 75.6 cm³/mol. The minimum atomic E-state index is -0.824. The number of carbonyl (C=O) groups is 2. The number of nitrogens with zero attached hydrogens (tertiary/aromatic N) is 1. The highest BCUT2D eigenvalue weighted by molar-refractivity contribution is 5.76. The van der Waals surface area contributed by atoms with Crippen LogP contribution in [-0.2, 0) is 9.53 Å². The van der Waals surface area contributed by atoms with E-state index in [-0.39, 0.29) is 24.6 Å². The van der Waals surface area contributed by atoms with Crippen molar-refractivity contribution in [2.24, 2.45) is 11.8 Å². The molecule has 3 unspecified atom stereocenters. The first kappa shape index (κ1) is 16.8. The standard InChI is InChI=1S/C14H26N2O4/c1-4-5-12(20-3)7-15-14(19)16-8-10(2)6-11(9-16)13(17)18/h10-12H,4-9H2,1-3H3,(H,15,19)(H,17,18). The monoisotopic (exact) mass is 286 g/mol. The molecule has 0 aromatic heterocycles. The zero-order valence-corrected chi connectivity index (χ0v) is 12.6. The second-order valence-corrected chi connectivity index (χ2v) is 5.61. The van der Waals surface area contributed by atoms with Crippen molar-refractivity contribution in [3.05, 3.63) is 0 Å². The average Bonchev–Trinajstić information content (AvgIpc) is 2.42. The van der Waals surface area contributed by atoms with Crippen molar-refractivity contribution < 1.29 is 19.4 Å². The summed E-state index contributed by atoms with van der Waals surface area (Å²) in [5.74, 6) is -1.07. The number of hydrogen-bond donors (Lipinski definition) is 2. The molecule has 3 atom stereocenters. The van der Waals surface area contributed by atoms with Gasteiger partial charge in [-0.1, -0.05) is 20.3 Å². The Bertz CT molecular complexity index is 335. The summed E-state index contributed by atoms with van der Waals surface area (Å²) in [6.07, 6.45) is 2.54. The van der Waals surface area contributed by atoms with Crippen molar-refractivity contribution in [1.29, 1.82) is 0 Å². The molecule has 0 spiro atoms. The van der Waals surface area contributed by atoms with Gasteiger partial charge < -0.3 is 20.1 Å². The van der Waals surface area contributed by atoms with Gasteiger partial charge in [-0.3, -0.25) is 4.79 Å². The highest BCUT2D eigenvalue weighted by Crippen LogP contribution is 2.21. The lowest BCUT2D eigenvalue weighted by molar-refractivity contribution is -0.143. The molecule has 2 amide bonds. The number of nitrogens with one attached hydrogen (secondary N) is 1. The number of ether oxygens (including phenoxy) is 1. The van der Waals surface area contributed by atoms with E-state index in [4.69, 9.17) is 9.84 Å². The molecule has 6 heteroatoms. The highest BCUT2D eigenvalue weighted by Gasteiger charge is 2.31. The normalized spacial score (nSPS) is 24.2. The summed E-state index contributed by atoms with van der Waals surface area (Å²) in [5, 5.41) is 11.9. The van der Waals surface area contributed by atoms with Crippen molar-refractivity contribution in [3.8, 4) is 0 Å². The molecule has 1 aliphatic heterocycles. The molecule has 1 aliphatic rings. The van der Waals surface area contributed by atoms with Crippen molar-refractivity contribution in [2.45, 2.75) is 39.2 Å². The highest BCUT2D eigenvalue weighted by atomic mass is 16.5. The molecule has 2 N–H and O–H groups in total. The van der Waals surface area contributed by atoms with Gasteiger partial charge in [0.25, 0.3) is 0 Å². The summed E-state index contributed by atoms with van der Waals surface area (Å²) in [5.41, 5.74) is 0. The van der Waals surface area contributed by atoms with Crippen LogP contribution in [0.15, 0.2) is 0 Å². The van der Waals surface area contributed by atoms with E-state index in [0.717, 1.165) is 12.8 Å². The molecule has 1 rings (SSSR count). The fourth-order valence-electron chi connectivity index (χ4n) is 2.63. The second-order valence-electron chi connectivity index (χ2n) is 5.61. The van der Waals surface area contributed by atoms with Gasteiger partial charge in [0.15, 0.2) is 0 Å². The van der Waals surface area contributed by atoms with Crippen molar-refractivity contribution in [1.82, 2.24) is 10.2 Å². The van der Waals surface area contributed by atoms with Crippen LogP contribution in [0.5, 0.6) is 0 Å². The molecule has 1 heterocycles. The van der Waals surface area contributed by atoms with Gasteiger partial charge in [0, 0.05) is 26.7 Å². The van der Waals surface area contributed by atoms with E-state index in [1.807, 2.05) is 6.92 Å². The quantitative estimate of drug-likeness (QED) is 0.776. The summed E-state index contributed by atoms with van der Waals surface area (Å²) in [6, 6.07) is -0.194. The van der Waals surface area contributed by atoms with Gasteiger partial charge in [-0.05, 0) is 18.8 Å². The molecule has 0 saturated carbocycles. The summed E-state index contributed by atoms with van der Waals surface area (Å²) >= 11 is 0. The van der Waals surface area contributed by atoms with Crippen LogP contribution in [0.1, 0.15) is 33.1 Å². The summed E-state index contributed by atoms with van der Waals surface area (Å²) in [6.45, 7) is 5.41. The summed E-state index contributed by atoms with van der Waals surface area (Å²) in [7, 11) is 1.63. The third-order valence-corrected chi connectivity index (χ3v) is 3.72. The number of carboxylic acid groups (broad SMARTS) is 1. The number of amides is 2. The number of carboxylic acids is 1. The van der Waals surface area contributed by atoms with E-state index in [9.17, 15) is 9.59 Å². The Morgan fingerprint density at radius 1 is 1.45 bits per heavy atom. The zero-order valence-electron chi connectivity index (χ0n) is 12.6. The Kier molecular flexibility index (Phi) is 6.78. The van der Waals surface area contributed by atoms with Crippen molar-refractivity contribution in [3.63, 3.8) is 0 Å². The SMILES string of the molecule is CCCC(CNC(=O)N1CC(C)CC(C(=O)O)C1)OC. The number of carbonyl (C=O) groups excluding carboxylic acids is 1. The Labute approximate surface area is 120 Å². The third kappa shape index (κ3) is 5.00.